The van der Waals surface area contributed by atoms with E-state index in [1.165, 1.54) is 0 Å². The van der Waals surface area contributed by atoms with Crippen molar-refractivity contribution in [1.29, 1.82) is 0 Å². The first-order valence-corrected chi connectivity index (χ1v) is 12.0. The molecule has 0 saturated carbocycles. The van der Waals surface area contributed by atoms with Crippen LogP contribution in [0.5, 0.6) is 0 Å². The summed E-state index contributed by atoms with van der Waals surface area (Å²) >= 11 is 3.41. The van der Waals surface area contributed by atoms with Crippen molar-refractivity contribution in [3.05, 3.63) is 72.3 Å². The minimum atomic E-state index is 0.730. The van der Waals surface area contributed by atoms with E-state index in [-0.39, 0.29) is 0 Å². The van der Waals surface area contributed by atoms with Crippen molar-refractivity contribution in [3.8, 4) is 11.4 Å². The molecule has 2 heterocycles. The van der Waals surface area contributed by atoms with Gasteiger partial charge in [-0.05, 0) is 35.8 Å². The molecule has 0 fully saturated rings. The molecule has 0 atom stereocenters. The van der Waals surface area contributed by atoms with Crippen LogP contribution in [-0.2, 0) is 12.8 Å². The summed E-state index contributed by atoms with van der Waals surface area (Å²) in [5.74, 6) is 3.77. The minimum Gasteiger partial charge on any atom is -0.274 e. The summed E-state index contributed by atoms with van der Waals surface area (Å²) in [6.07, 6.45) is 1.46. The Hall–Kier alpha value is -2.58. The van der Waals surface area contributed by atoms with E-state index in [4.69, 9.17) is 0 Å². The van der Waals surface area contributed by atoms with Crippen molar-refractivity contribution in [2.24, 2.45) is 0 Å². The lowest BCUT2D eigenvalue weighted by Gasteiger charge is -2.11. The van der Waals surface area contributed by atoms with Gasteiger partial charge in [0.1, 0.15) is 11.6 Å². The highest BCUT2D eigenvalue weighted by atomic mass is 32.2. The molecule has 0 unspecified atom stereocenters. The fourth-order valence-corrected chi connectivity index (χ4v) is 4.66. The average molecular weight is 437 g/mol. The molecular formula is C22H24N6S2. The van der Waals surface area contributed by atoms with E-state index in [0.717, 1.165) is 57.7 Å². The van der Waals surface area contributed by atoms with Crippen LogP contribution in [-0.4, -0.2) is 41.0 Å². The lowest BCUT2D eigenvalue weighted by Crippen LogP contribution is -2.08. The Morgan fingerprint density at radius 2 is 1.00 bits per heavy atom. The van der Waals surface area contributed by atoms with Gasteiger partial charge in [-0.2, -0.15) is 0 Å². The predicted octanol–water partition coefficient (Wildman–Crippen LogP) is 4.86. The van der Waals surface area contributed by atoms with Gasteiger partial charge in [-0.1, -0.05) is 73.8 Å². The predicted molar refractivity (Wildman–Crippen MR) is 123 cm³/mol. The van der Waals surface area contributed by atoms with Gasteiger partial charge in [0.2, 0.25) is 0 Å². The third-order valence-electron chi connectivity index (χ3n) is 4.55. The van der Waals surface area contributed by atoms with E-state index < -0.39 is 0 Å². The largest absolute Gasteiger partial charge is 0.274 e. The molecule has 0 amide bonds. The van der Waals surface area contributed by atoms with Crippen LogP contribution in [0.15, 0.2) is 71.0 Å². The number of benzene rings is 2. The number of hydrogen-bond acceptors (Lipinski definition) is 6. The lowest BCUT2D eigenvalue weighted by molar-refractivity contribution is 0.745. The van der Waals surface area contributed by atoms with E-state index in [0.29, 0.717) is 0 Å². The summed E-state index contributed by atoms with van der Waals surface area (Å²) in [5.41, 5.74) is 2.17. The Kier molecular flexibility index (Phi) is 6.86. The molecule has 30 heavy (non-hydrogen) atoms. The fourth-order valence-electron chi connectivity index (χ4n) is 3.27. The van der Waals surface area contributed by atoms with Crippen molar-refractivity contribution in [3.63, 3.8) is 0 Å². The molecule has 2 aromatic carbocycles. The van der Waals surface area contributed by atoms with Gasteiger partial charge in [0, 0.05) is 24.2 Å². The normalized spacial score (nSPS) is 11.1. The van der Waals surface area contributed by atoms with Gasteiger partial charge < -0.3 is 0 Å². The molecule has 154 valence electrons. The maximum absolute atomic E-state index is 4.50. The van der Waals surface area contributed by atoms with Crippen molar-refractivity contribution < 1.29 is 0 Å². The zero-order valence-corrected chi connectivity index (χ0v) is 18.7. The number of hydrogen-bond donors (Lipinski definition) is 0. The first kappa shape index (κ1) is 20.7. The third-order valence-corrected chi connectivity index (χ3v) is 6.17. The third kappa shape index (κ3) is 4.44. The summed E-state index contributed by atoms with van der Waals surface area (Å²) in [7, 11) is 0. The smallest absolute Gasteiger partial charge is 0.195 e. The van der Waals surface area contributed by atoms with Crippen LogP contribution >= 0.6 is 23.5 Å². The Bertz CT molecular complexity index is 988. The summed E-state index contributed by atoms with van der Waals surface area (Å²) in [5, 5.41) is 19.7. The number of nitrogens with zero attached hydrogens (tertiary/aromatic N) is 6. The van der Waals surface area contributed by atoms with Gasteiger partial charge in [0.25, 0.3) is 0 Å². The van der Waals surface area contributed by atoms with Gasteiger partial charge in [-0.25, -0.2) is 0 Å². The summed E-state index contributed by atoms with van der Waals surface area (Å²) in [6.45, 7) is 4.26. The van der Waals surface area contributed by atoms with E-state index in [2.05, 4.69) is 67.6 Å². The molecule has 0 aliphatic rings. The van der Waals surface area contributed by atoms with Crippen molar-refractivity contribution >= 4 is 23.5 Å². The van der Waals surface area contributed by atoms with Crippen molar-refractivity contribution in [2.45, 2.75) is 37.0 Å². The number of para-hydroxylation sites is 2. The fraction of sp³-hybridized carbons (Fsp3) is 0.273. The summed E-state index contributed by atoms with van der Waals surface area (Å²) in [6, 6.07) is 20.6. The quantitative estimate of drug-likeness (QED) is 0.349. The maximum atomic E-state index is 4.50. The highest BCUT2D eigenvalue weighted by molar-refractivity contribution is 7.99. The molecule has 0 N–H and O–H groups in total. The van der Waals surface area contributed by atoms with Crippen LogP contribution in [0.3, 0.4) is 0 Å². The first-order chi connectivity index (χ1) is 14.8. The highest BCUT2D eigenvalue weighted by Gasteiger charge is 2.18. The maximum Gasteiger partial charge on any atom is 0.195 e. The molecule has 6 nitrogen and oxygen atoms in total. The second-order valence-electron chi connectivity index (χ2n) is 6.51. The molecule has 4 rings (SSSR count). The van der Waals surface area contributed by atoms with Crippen LogP contribution in [0.2, 0.25) is 0 Å². The second kappa shape index (κ2) is 9.95. The zero-order valence-electron chi connectivity index (χ0n) is 17.1. The second-order valence-corrected chi connectivity index (χ2v) is 8.97. The van der Waals surface area contributed by atoms with Crippen LogP contribution < -0.4 is 0 Å². The Morgan fingerprint density at radius 3 is 1.37 bits per heavy atom. The van der Waals surface area contributed by atoms with E-state index in [1.54, 1.807) is 23.5 Å². The molecule has 8 heteroatoms. The van der Waals surface area contributed by atoms with Crippen LogP contribution in [0.25, 0.3) is 11.4 Å². The van der Waals surface area contributed by atoms with E-state index >= 15 is 0 Å². The van der Waals surface area contributed by atoms with Gasteiger partial charge in [0.05, 0.1) is 0 Å². The van der Waals surface area contributed by atoms with Crippen LogP contribution in [0.1, 0.15) is 25.5 Å². The average Bonchev–Trinajstić information content (AvgIpc) is 3.38. The molecule has 0 spiro atoms. The summed E-state index contributed by atoms with van der Waals surface area (Å²) in [4.78, 5) is 0. The molecule has 0 radical (unpaired) electrons. The highest BCUT2D eigenvalue weighted by Crippen LogP contribution is 2.25. The molecular weight excluding hydrogens is 412 g/mol. The number of thioether (sulfide) groups is 2. The van der Waals surface area contributed by atoms with Crippen LogP contribution in [0.4, 0.5) is 0 Å². The number of aryl methyl sites for hydroxylation is 2. The SMILES string of the molecule is CCSc1nnc(CCc2nnc(SCC)n2-c2ccccc2)n1-c1ccccc1. The molecule has 0 bridgehead atoms. The zero-order chi connectivity index (χ0) is 20.8. The molecule has 0 aliphatic carbocycles. The Labute approximate surface area is 185 Å². The van der Waals surface area contributed by atoms with Gasteiger partial charge in [-0.3, -0.25) is 9.13 Å². The molecule has 2 aromatic heterocycles. The Balaban J connectivity index is 1.65. The molecule has 0 saturated heterocycles. The van der Waals surface area contributed by atoms with E-state index in [9.17, 15) is 0 Å². The molecule has 4 aromatic rings. The van der Waals surface area contributed by atoms with Crippen LogP contribution in [0, 0.1) is 0 Å². The van der Waals surface area contributed by atoms with Gasteiger partial charge in [0.15, 0.2) is 10.3 Å². The minimum absolute atomic E-state index is 0.730. The standard InChI is InChI=1S/C22H24N6S2/c1-3-29-21-25-23-19(27(21)17-11-7-5-8-12-17)15-16-20-24-26-22(30-4-2)28(20)18-13-9-6-10-14-18/h5-14H,3-4,15-16H2,1-2H3. The van der Waals surface area contributed by atoms with Crippen molar-refractivity contribution in [1.82, 2.24) is 29.5 Å². The Morgan fingerprint density at radius 1 is 0.600 bits per heavy atom. The van der Waals surface area contributed by atoms with Gasteiger partial charge >= 0.3 is 0 Å². The lowest BCUT2D eigenvalue weighted by atomic mass is 10.2. The van der Waals surface area contributed by atoms with Crippen molar-refractivity contribution in [2.75, 3.05) is 11.5 Å². The first-order valence-electron chi connectivity index (χ1n) is 10.1. The monoisotopic (exact) mass is 436 g/mol. The topological polar surface area (TPSA) is 61.4 Å². The number of aromatic nitrogens is 6. The number of rotatable bonds is 9. The van der Waals surface area contributed by atoms with E-state index in [1.807, 2.05) is 36.4 Å². The van der Waals surface area contributed by atoms with Gasteiger partial charge in [-0.15, -0.1) is 20.4 Å². The summed E-state index contributed by atoms with van der Waals surface area (Å²) < 4.78 is 4.30. The molecule has 0 aliphatic heterocycles.